The minimum atomic E-state index is -0.322. The minimum Gasteiger partial charge on any atom is -0.487 e. The third-order valence-electron chi connectivity index (χ3n) is 5.52. The molecule has 0 bridgehead atoms. The van der Waals surface area contributed by atoms with Crippen LogP contribution in [0.3, 0.4) is 0 Å². The number of hydrogen-bond donors (Lipinski definition) is 1. The van der Waals surface area contributed by atoms with E-state index in [1.165, 1.54) is 12.4 Å². The molecule has 0 amide bonds. The number of aromatic nitrogens is 2. The Morgan fingerprint density at radius 1 is 1.04 bits per heavy atom. The predicted molar refractivity (Wildman–Crippen MR) is 100 cm³/mol. The van der Waals surface area contributed by atoms with Crippen molar-refractivity contribution in [1.29, 1.82) is 0 Å². The van der Waals surface area contributed by atoms with E-state index in [1.54, 1.807) is 12.1 Å². The second-order valence-corrected chi connectivity index (χ2v) is 7.19. The third-order valence-corrected chi connectivity index (χ3v) is 5.52. The molecule has 3 aromatic rings. The summed E-state index contributed by atoms with van der Waals surface area (Å²) >= 11 is 0. The first-order valence-corrected chi connectivity index (χ1v) is 9.26. The molecule has 1 fully saturated rings. The van der Waals surface area contributed by atoms with E-state index in [4.69, 9.17) is 9.47 Å². The molecule has 2 aliphatic heterocycles. The molecule has 6 heteroatoms. The van der Waals surface area contributed by atoms with Gasteiger partial charge in [-0.05, 0) is 18.2 Å². The molecule has 138 valence electrons. The van der Waals surface area contributed by atoms with Gasteiger partial charge in [-0.25, -0.2) is 14.4 Å². The molecule has 27 heavy (non-hydrogen) atoms. The van der Waals surface area contributed by atoms with Crippen molar-refractivity contribution < 1.29 is 13.9 Å². The first-order valence-electron chi connectivity index (χ1n) is 9.26. The fraction of sp³-hybridized carbons (Fsp3) is 0.333. The molecule has 2 aromatic carbocycles. The summed E-state index contributed by atoms with van der Waals surface area (Å²) in [6, 6.07) is 12.9. The number of halogens is 1. The molecule has 1 N–H and O–H groups in total. The van der Waals surface area contributed by atoms with E-state index in [9.17, 15) is 4.39 Å². The number of fused-ring (bicyclic) bond motifs is 2. The maximum atomic E-state index is 14.5. The number of ether oxygens (including phenoxy) is 2. The molecule has 5 nitrogen and oxygen atoms in total. The van der Waals surface area contributed by atoms with Gasteiger partial charge in [0.25, 0.3) is 0 Å². The quantitative estimate of drug-likeness (QED) is 0.736. The molecular weight excluding hydrogens is 345 g/mol. The molecule has 5 rings (SSSR count). The van der Waals surface area contributed by atoms with Gasteiger partial charge in [-0.1, -0.05) is 24.3 Å². The van der Waals surface area contributed by atoms with E-state index in [0.717, 1.165) is 30.6 Å². The molecule has 0 saturated carbocycles. The van der Waals surface area contributed by atoms with Crippen LogP contribution < -0.4 is 10.1 Å². The average Bonchev–Trinajstić information content (AvgIpc) is 2.69. The van der Waals surface area contributed by atoms with E-state index in [2.05, 4.69) is 21.4 Å². The van der Waals surface area contributed by atoms with Crippen LogP contribution in [-0.2, 0) is 4.74 Å². The first kappa shape index (κ1) is 16.4. The van der Waals surface area contributed by atoms with Crippen LogP contribution in [0.4, 0.5) is 10.2 Å². The Kier molecular flexibility index (Phi) is 3.93. The molecule has 2 aliphatic rings. The highest BCUT2D eigenvalue weighted by molar-refractivity contribution is 5.89. The topological polar surface area (TPSA) is 56.3 Å². The fourth-order valence-corrected chi connectivity index (χ4v) is 4.14. The standard InChI is InChI=1S/C21H20FN3O2/c22-15-5-3-6-16-19(15)20(24-13-23-16)25-17-12-21(8-10-26-11-9-21)27-18-7-2-1-4-14(17)18/h1-7,13,17H,8-12H2,(H,23,24,25). The van der Waals surface area contributed by atoms with E-state index >= 15 is 0 Å². The lowest BCUT2D eigenvalue weighted by atomic mass is 9.82. The van der Waals surface area contributed by atoms with Gasteiger partial charge in [-0.3, -0.25) is 0 Å². The van der Waals surface area contributed by atoms with Gasteiger partial charge in [0.15, 0.2) is 0 Å². The summed E-state index contributed by atoms with van der Waals surface area (Å²) in [5.74, 6) is 1.07. The van der Waals surface area contributed by atoms with E-state index in [0.29, 0.717) is 29.9 Å². The van der Waals surface area contributed by atoms with E-state index in [1.807, 2.05) is 18.2 Å². The van der Waals surface area contributed by atoms with Crippen molar-refractivity contribution >= 4 is 16.7 Å². The molecule has 3 heterocycles. The normalized spacial score (nSPS) is 20.9. The number of benzene rings is 2. The maximum absolute atomic E-state index is 14.5. The zero-order valence-electron chi connectivity index (χ0n) is 14.8. The number of hydrogen-bond acceptors (Lipinski definition) is 5. The van der Waals surface area contributed by atoms with Crippen molar-refractivity contribution in [1.82, 2.24) is 9.97 Å². The van der Waals surface area contributed by atoms with E-state index < -0.39 is 0 Å². The van der Waals surface area contributed by atoms with Crippen molar-refractivity contribution in [2.24, 2.45) is 0 Å². The summed E-state index contributed by atoms with van der Waals surface area (Å²) in [4.78, 5) is 8.53. The molecule has 1 unspecified atom stereocenters. The van der Waals surface area contributed by atoms with Crippen molar-refractivity contribution in [3.8, 4) is 5.75 Å². The molecule has 1 spiro atoms. The Balaban J connectivity index is 1.56. The zero-order valence-corrected chi connectivity index (χ0v) is 14.8. The van der Waals surface area contributed by atoms with Gasteiger partial charge in [-0.2, -0.15) is 0 Å². The summed E-state index contributed by atoms with van der Waals surface area (Å²) in [7, 11) is 0. The third kappa shape index (κ3) is 2.90. The monoisotopic (exact) mass is 365 g/mol. The van der Waals surface area contributed by atoms with Gasteiger partial charge in [0.05, 0.1) is 30.2 Å². The summed E-state index contributed by atoms with van der Waals surface area (Å²) < 4.78 is 26.4. The molecule has 0 radical (unpaired) electrons. The van der Waals surface area contributed by atoms with Crippen molar-refractivity contribution in [3.05, 3.63) is 60.2 Å². The number of anilines is 1. The smallest absolute Gasteiger partial charge is 0.140 e. The number of nitrogens with zero attached hydrogens (tertiary/aromatic N) is 2. The molecule has 1 atom stereocenters. The average molecular weight is 365 g/mol. The van der Waals surface area contributed by atoms with E-state index in [-0.39, 0.29) is 17.5 Å². The lowest BCUT2D eigenvalue weighted by molar-refractivity contribution is -0.0608. The number of rotatable bonds is 2. The Bertz CT molecular complexity index is 983. The Morgan fingerprint density at radius 3 is 2.78 bits per heavy atom. The zero-order chi connectivity index (χ0) is 18.3. The van der Waals surface area contributed by atoms with Gasteiger partial charge in [0.1, 0.15) is 29.3 Å². The molecule has 1 saturated heterocycles. The Labute approximate surface area is 156 Å². The molecule has 0 aliphatic carbocycles. The van der Waals surface area contributed by atoms with Crippen molar-refractivity contribution in [2.75, 3.05) is 18.5 Å². The van der Waals surface area contributed by atoms with Crippen LogP contribution >= 0.6 is 0 Å². The van der Waals surface area contributed by atoms with Crippen LogP contribution in [0, 0.1) is 5.82 Å². The fourth-order valence-electron chi connectivity index (χ4n) is 4.14. The SMILES string of the molecule is Fc1cccc2ncnc(NC3CC4(CCOCC4)Oc4ccccc43)c12. The van der Waals surface area contributed by atoms with Crippen LogP contribution in [-0.4, -0.2) is 28.8 Å². The highest BCUT2D eigenvalue weighted by atomic mass is 19.1. The largest absolute Gasteiger partial charge is 0.487 e. The lowest BCUT2D eigenvalue weighted by Crippen LogP contribution is -2.46. The van der Waals surface area contributed by atoms with Gasteiger partial charge >= 0.3 is 0 Å². The van der Waals surface area contributed by atoms with Crippen LogP contribution in [0.15, 0.2) is 48.8 Å². The summed E-state index contributed by atoms with van der Waals surface area (Å²) in [6.45, 7) is 1.39. The highest BCUT2D eigenvalue weighted by Gasteiger charge is 2.42. The van der Waals surface area contributed by atoms with Crippen molar-refractivity contribution in [2.45, 2.75) is 30.9 Å². The second kappa shape index (κ2) is 6.46. The van der Waals surface area contributed by atoms with Gasteiger partial charge in [0, 0.05) is 24.8 Å². The predicted octanol–water partition coefficient (Wildman–Crippen LogP) is 4.25. The summed E-state index contributed by atoms with van der Waals surface area (Å²) in [5.41, 5.74) is 1.40. The molecule has 1 aromatic heterocycles. The van der Waals surface area contributed by atoms with Gasteiger partial charge < -0.3 is 14.8 Å². The van der Waals surface area contributed by atoms with Crippen LogP contribution in [0.25, 0.3) is 10.9 Å². The van der Waals surface area contributed by atoms with Crippen LogP contribution in [0.5, 0.6) is 5.75 Å². The summed E-state index contributed by atoms with van der Waals surface area (Å²) in [5, 5.41) is 3.90. The van der Waals surface area contributed by atoms with Crippen LogP contribution in [0.1, 0.15) is 30.9 Å². The number of nitrogens with one attached hydrogen (secondary N) is 1. The van der Waals surface area contributed by atoms with Crippen LogP contribution in [0.2, 0.25) is 0 Å². The minimum absolute atomic E-state index is 0.0224. The number of para-hydroxylation sites is 1. The highest BCUT2D eigenvalue weighted by Crippen LogP contribution is 2.45. The first-order chi connectivity index (χ1) is 13.2. The van der Waals surface area contributed by atoms with Gasteiger partial charge in [-0.15, -0.1) is 0 Å². The molecular formula is C21H20FN3O2. The maximum Gasteiger partial charge on any atom is 0.140 e. The lowest BCUT2D eigenvalue weighted by Gasteiger charge is -2.44. The summed E-state index contributed by atoms with van der Waals surface area (Å²) in [6.07, 6.45) is 3.95. The van der Waals surface area contributed by atoms with Gasteiger partial charge in [0.2, 0.25) is 0 Å². The Morgan fingerprint density at radius 2 is 1.89 bits per heavy atom. The van der Waals surface area contributed by atoms with Crippen molar-refractivity contribution in [3.63, 3.8) is 0 Å². The second-order valence-electron chi connectivity index (χ2n) is 7.19. The Hall–Kier alpha value is -2.73.